The highest BCUT2D eigenvalue weighted by Crippen LogP contribution is 2.48. The first-order valence-electron chi connectivity index (χ1n) is 12.8. The first-order chi connectivity index (χ1) is 21.8. The van der Waals surface area contributed by atoms with Crippen LogP contribution in [0.15, 0.2) is 72.8 Å². The lowest BCUT2D eigenvalue weighted by atomic mass is 9.92. The standard InChI is InChI=1S/C30H16F14O4/c31-25(32,27(35,36)29(39,40)41)23(47)13-21(45)17-9-5-15(6-10-17)19-3-1-2-4-20(19)16-7-11-18(12-8-16)22(46)14-24(48)26(33,34)28(37,38)30(42,43)44/h1-12H,13-14H2. The van der Waals surface area contributed by atoms with Gasteiger partial charge in [-0.05, 0) is 22.3 Å². The number of alkyl halides is 14. The molecule has 0 amide bonds. The van der Waals surface area contributed by atoms with Gasteiger partial charge in [0.25, 0.3) is 0 Å². The molecular formula is C30H16F14O4. The van der Waals surface area contributed by atoms with Gasteiger partial charge in [0.05, 0.1) is 12.8 Å². The van der Waals surface area contributed by atoms with Crippen LogP contribution in [-0.4, -0.2) is 59.2 Å². The predicted molar refractivity (Wildman–Crippen MR) is 137 cm³/mol. The van der Waals surface area contributed by atoms with Crippen LogP contribution in [0.1, 0.15) is 33.6 Å². The van der Waals surface area contributed by atoms with Crippen molar-refractivity contribution < 1.29 is 80.6 Å². The molecule has 0 aliphatic rings. The number of Topliss-reactive ketones (excluding diaryl/α,β-unsaturated/α-hetero) is 4. The summed E-state index contributed by atoms with van der Waals surface area (Å²) < 4.78 is 181. The van der Waals surface area contributed by atoms with Gasteiger partial charge in [0.2, 0.25) is 11.6 Å². The topological polar surface area (TPSA) is 68.3 Å². The molecule has 0 fully saturated rings. The SMILES string of the molecule is O=C(CC(=O)C(F)(F)C(F)(F)C(F)(F)F)c1ccc(-c2ccccc2-c2ccc(C(=O)CC(=O)C(F)(F)C(F)(F)C(F)(F)F)cc2)cc1. The van der Waals surface area contributed by atoms with Crippen LogP contribution in [0.5, 0.6) is 0 Å². The van der Waals surface area contributed by atoms with Crippen molar-refractivity contribution in [1.29, 1.82) is 0 Å². The summed E-state index contributed by atoms with van der Waals surface area (Å²) in [6.45, 7) is 0. The summed E-state index contributed by atoms with van der Waals surface area (Å²) >= 11 is 0. The van der Waals surface area contributed by atoms with Gasteiger partial charge in [0.1, 0.15) is 0 Å². The molecule has 0 aliphatic heterocycles. The summed E-state index contributed by atoms with van der Waals surface area (Å²) in [7, 11) is 0. The van der Waals surface area contributed by atoms with Crippen molar-refractivity contribution in [3.8, 4) is 22.3 Å². The van der Waals surface area contributed by atoms with E-state index in [1.807, 2.05) is 0 Å². The van der Waals surface area contributed by atoms with E-state index in [0.29, 0.717) is 11.1 Å². The van der Waals surface area contributed by atoms with Crippen molar-refractivity contribution in [3.05, 3.63) is 83.9 Å². The Balaban J connectivity index is 1.79. The summed E-state index contributed by atoms with van der Waals surface area (Å²) in [5.41, 5.74) is 0.250. The number of hydrogen-bond donors (Lipinski definition) is 0. The molecule has 0 bridgehead atoms. The highest BCUT2D eigenvalue weighted by molar-refractivity contribution is 6.11. The lowest BCUT2D eigenvalue weighted by Crippen LogP contribution is -2.56. The van der Waals surface area contributed by atoms with Gasteiger partial charge < -0.3 is 0 Å². The van der Waals surface area contributed by atoms with Gasteiger partial charge in [0.15, 0.2) is 11.6 Å². The maximum atomic E-state index is 13.6. The summed E-state index contributed by atoms with van der Waals surface area (Å²) in [5, 5.41) is 0. The first-order valence-corrected chi connectivity index (χ1v) is 12.8. The average Bonchev–Trinajstić information content (AvgIpc) is 2.99. The molecule has 0 aromatic heterocycles. The number of rotatable bonds is 12. The van der Waals surface area contributed by atoms with E-state index in [2.05, 4.69) is 0 Å². The quantitative estimate of drug-likeness (QED) is 0.107. The molecule has 0 radical (unpaired) electrons. The van der Waals surface area contributed by atoms with Crippen LogP contribution in [0.3, 0.4) is 0 Å². The summed E-state index contributed by atoms with van der Waals surface area (Å²) in [5.74, 6) is -34.9. The zero-order valence-corrected chi connectivity index (χ0v) is 23.3. The Morgan fingerprint density at radius 2 is 0.688 bits per heavy atom. The molecule has 3 aromatic rings. The largest absolute Gasteiger partial charge is 0.460 e. The average molecular weight is 706 g/mol. The minimum Gasteiger partial charge on any atom is -0.294 e. The molecule has 3 rings (SSSR count). The van der Waals surface area contributed by atoms with Crippen LogP contribution in [-0.2, 0) is 9.59 Å². The van der Waals surface area contributed by atoms with E-state index in [0.717, 1.165) is 24.3 Å². The fourth-order valence-corrected chi connectivity index (χ4v) is 4.08. The molecule has 0 N–H and O–H groups in total. The molecule has 0 heterocycles. The lowest BCUT2D eigenvalue weighted by Gasteiger charge is -2.26. The number of carbonyl (C=O) groups is 4. The summed E-state index contributed by atoms with van der Waals surface area (Å²) in [4.78, 5) is 47.7. The smallest absolute Gasteiger partial charge is 0.294 e. The highest BCUT2D eigenvalue weighted by atomic mass is 19.4. The van der Waals surface area contributed by atoms with Gasteiger partial charge in [-0.15, -0.1) is 0 Å². The highest BCUT2D eigenvalue weighted by Gasteiger charge is 2.76. The molecule has 0 aliphatic carbocycles. The number of ketones is 4. The molecule has 0 saturated carbocycles. The molecule has 48 heavy (non-hydrogen) atoms. The third-order valence-electron chi connectivity index (χ3n) is 6.81. The van der Waals surface area contributed by atoms with Crippen LogP contribution in [0.2, 0.25) is 0 Å². The van der Waals surface area contributed by atoms with Crippen molar-refractivity contribution in [2.45, 2.75) is 48.9 Å². The lowest BCUT2D eigenvalue weighted by molar-refractivity contribution is -0.343. The van der Waals surface area contributed by atoms with Gasteiger partial charge in [-0.2, -0.15) is 61.5 Å². The van der Waals surface area contributed by atoms with Crippen molar-refractivity contribution in [2.75, 3.05) is 0 Å². The molecule has 0 spiro atoms. The van der Waals surface area contributed by atoms with Crippen LogP contribution in [0.25, 0.3) is 22.3 Å². The minimum absolute atomic E-state index is 0.279. The van der Waals surface area contributed by atoms with E-state index < -0.39 is 83.1 Å². The van der Waals surface area contributed by atoms with E-state index in [-0.39, 0.29) is 11.1 Å². The summed E-state index contributed by atoms with van der Waals surface area (Å²) in [6, 6.07) is 14.6. The van der Waals surface area contributed by atoms with Crippen LogP contribution in [0.4, 0.5) is 61.5 Å². The van der Waals surface area contributed by atoms with E-state index in [9.17, 15) is 80.6 Å². The zero-order chi connectivity index (χ0) is 36.7. The first kappa shape index (κ1) is 37.8. The van der Waals surface area contributed by atoms with Crippen LogP contribution < -0.4 is 0 Å². The Morgan fingerprint density at radius 1 is 0.417 bits per heavy atom. The fraction of sp³-hybridized carbons (Fsp3) is 0.267. The van der Waals surface area contributed by atoms with E-state index >= 15 is 0 Å². The van der Waals surface area contributed by atoms with E-state index in [1.165, 1.54) is 48.5 Å². The van der Waals surface area contributed by atoms with Gasteiger partial charge in [0, 0.05) is 11.1 Å². The molecule has 0 atom stereocenters. The van der Waals surface area contributed by atoms with Crippen LogP contribution in [0, 0.1) is 0 Å². The fourth-order valence-electron chi connectivity index (χ4n) is 4.08. The second kappa shape index (κ2) is 12.8. The predicted octanol–water partition coefficient (Wildman–Crippen LogP) is 8.97. The number of benzene rings is 3. The molecular weight excluding hydrogens is 690 g/mol. The molecule has 258 valence electrons. The Labute approximate surface area is 259 Å². The Hall–Kier alpha value is -4.64. The second-order valence-corrected chi connectivity index (χ2v) is 10.0. The Kier molecular flexibility index (Phi) is 10.1. The number of halogens is 14. The van der Waals surface area contributed by atoms with Gasteiger partial charge >= 0.3 is 36.0 Å². The van der Waals surface area contributed by atoms with Crippen molar-refractivity contribution in [2.24, 2.45) is 0 Å². The maximum Gasteiger partial charge on any atom is 0.460 e. The molecule has 4 nitrogen and oxygen atoms in total. The third kappa shape index (κ3) is 6.96. The van der Waals surface area contributed by atoms with Crippen molar-refractivity contribution in [3.63, 3.8) is 0 Å². The Bertz CT molecular complexity index is 1580. The van der Waals surface area contributed by atoms with Crippen molar-refractivity contribution >= 4 is 23.1 Å². The number of hydrogen-bond acceptors (Lipinski definition) is 4. The third-order valence-corrected chi connectivity index (χ3v) is 6.81. The van der Waals surface area contributed by atoms with Gasteiger partial charge in [-0.25, -0.2) is 0 Å². The maximum absolute atomic E-state index is 13.6. The summed E-state index contributed by atoms with van der Waals surface area (Å²) in [6.07, 6.45) is -17.5. The molecule has 0 unspecified atom stereocenters. The zero-order valence-electron chi connectivity index (χ0n) is 23.3. The monoisotopic (exact) mass is 706 g/mol. The Morgan fingerprint density at radius 3 is 0.938 bits per heavy atom. The molecule has 18 heteroatoms. The normalized spacial score (nSPS) is 13.3. The van der Waals surface area contributed by atoms with Gasteiger partial charge in [-0.3, -0.25) is 19.2 Å². The van der Waals surface area contributed by atoms with Crippen molar-refractivity contribution in [1.82, 2.24) is 0 Å². The number of carbonyl (C=O) groups excluding carboxylic acids is 4. The molecule has 0 saturated heterocycles. The van der Waals surface area contributed by atoms with E-state index in [1.54, 1.807) is 0 Å². The van der Waals surface area contributed by atoms with E-state index in [4.69, 9.17) is 0 Å². The molecule has 3 aromatic carbocycles. The van der Waals surface area contributed by atoms with Gasteiger partial charge in [-0.1, -0.05) is 72.8 Å². The van der Waals surface area contributed by atoms with Crippen LogP contribution >= 0.6 is 0 Å². The second-order valence-electron chi connectivity index (χ2n) is 10.0. The minimum atomic E-state index is -6.78.